The van der Waals surface area contributed by atoms with Crippen molar-refractivity contribution in [3.8, 4) is 17.6 Å². The Kier molecular flexibility index (Phi) is 3.47. The molecular formula is C11H8O4. The normalized spacial score (nSPS) is 8.80. The number of hydrogen-bond acceptors (Lipinski definition) is 3. The summed E-state index contributed by atoms with van der Waals surface area (Å²) in [6.45, 7) is 0. The van der Waals surface area contributed by atoms with Crippen molar-refractivity contribution in [1.29, 1.82) is 0 Å². The molecule has 0 radical (unpaired) electrons. The molecule has 0 heterocycles. The number of carbonyl (C=O) groups excluding carboxylic acids is 1. The summed E-state index contributed by atoms with van der Waals surface area (Å²) in [6, 6.07) is 4.44. The van der Waals surface area contributed by atoms with E-state index in [1.807, 2.05) is 0 Å². The van der Waals surface area contributed by atoms with Crippen LogP contribution in [0.15, 0.2) is 18.2 Å². The zero-order chi connectivity index (χ0) is 11.3. The minimum atomic E-state index is -1.03. The van der Waals surface area contributed by atoms with Gasteiger partial charge in [0.05, 0.1) is 5.56 Å². The molecule has 4 heteroatoms. The van der Waals surface area contributed by atoms with Gasteiger partial charge in [0.15, 0.2) is 6.29 Å². The smallest absolute Gasteiger partial charge is 0.315 e. The summed E-state index contributed by atoms with van der Waals surface area (Å²) < 4.78 is 0. The van der Waals surface area contributed by atoms with Crippen LogP contribution in [0, 0.1) is 11.8 Å². The van der Waals surface area contributed by atoms with E-state index in [2.05, 4.69) is 11.8 Å². The summed E-state index contributed by atoms with van der Waals surface area (Å²) in [4.78, 5) is 20.8. The molecule has 0 atom stereocenters. The second-order valence-electron chi connectivity index (χ2n) is 2.73. The van der Waals surface area contributed by atoms with E-state index in [9.17, 15) is 14.7 Å². The van der Waals surface area contributed by atoms with Crippen LogP contribution < -0.4 is 0 Å². The fourth-order valence-corrected chi connectivity index (χ4v) is 1.00. The van der Waals surface area contributed by atoms with E-state index in [0.717, 1.165) is 0 Å². The molecule has 4 nitrogen and oxygen atoms in total. The number of phenolic OH excluding ortho intramolecular Hbond substituents is 1. The number of aliphatic carboxylic acids is 1. The number of carbonyl (C=O) groups is 2. The number of phenols is 1. The highest BCUT2D eigenvalue weighted by Gasteiger charge is 2.03. The molecule has 0 saturated carbocycles. The van der Waals surface area contributed by atoms with Gasteiger partial charge in [-0.05, 0) is 12.1 Å². The Morgan fingerprint density at radius 1 is 1.47 bits per heavy atom. The fraction of sp³-hybridized carbons (Fsp3) is 0.0909. The third-order valence-electron chi connectivity index (χ3n) is 1.66. The number of aldehydes is 1. The van der Waals surface area contributed by atoms with Crippen LogP contribution in [-0.4, -0.2) is 22.5 Å². The van der Waals surface area contributed by atoms with E-state index in [4.69, 9.17) is 5.11 Å². The van der Waals surface area contributed by atoms with E-state index in [-0.39, 0.29) is 17.7 Å². The molecule has 1 aromatic rings. The monoisotopic (exact) mass is 204 g/mol. The first-order valence-electron chi connectivity index (χ1n) is 4.13. The highest BCUT2D eigenvalue weighted by molar-refractivity contribution is 5.83. The standard InChI is InChI=1S/C11H8O4/c12-7-9-8(3-1-5-10(9)13)4-2-6-11(14)15/h1,3,5,7,13H,6H2,(H,14,15). The number of aromatic hydroxyl groups is 1. The van der Waals surface area contributed by atoms with E-state index in [0.29, 0.717) is 11.8 Å². The first-order chi connectivity index (χ1) is 7.15. The first kappa shape index (κ1) is 10.8. The van der Waals surface area contributed by atoms with E-state index in [1.54, 1.807) is 0 Å². The van der Waals surface area contributed by atoms with Crippen LogP contribution in [0.2, 0.25) is 0 Å². The van der Waals surface area contributed by atoms with Crippen molar-refractivity contribution >= 4 is 12.3 Å². The molecular weight excluding hydrogens is 196 g/mol. The van der Waals surface area contributed by atoms with Gasteiger partial charge in [-0.1, -0.05) is 17.9 Å². The van der Waals surface area contributed by atoms with Gasteiger partial charge in [-0.2, -0.15) is 0 Å². The van der Waals surface area contributed by atoms with Gasteiger partial charge >= 0.3 is 5.97 Å². The predicted octanol–water partition coefficient (Wildman–Crippen LogP) is 1.03. The summed E-state index contributed by atoms with van der Waals surface area (Å²) in [5, 5.41) is 17.6. The SMILES string of the molecule is O=Cc1c(O)cccc1C#CCC(=O)O. The molecule has 1 aromatic carbocycles. The molecule has 0 amide bonds. The molecule has 0 spiro atoms. The first-order valence-corrected chi connectivity index (χ1v) is 4.13. The van der Waals surface area contributed by atoms with Crippen LogP contribution in [0.4, 0.5) is 0 Å². The average Bonchev–Trinajstić information content (AvgIpc) is 2.17. The molecule has 0 aromatic heterocycles. The Morgan fingerprint density at radius 2 is 2.20 bits per heavy atom. The molecule has 1 rings (SSSR count). The fourth-order valence-electron chi connectivity index (χ4n) is 1.00. The number of carboxylic acids is 1. The molecule has 0 aliphatic rings. The molecule has 0 saturated heterocycles. The van der Waals surface area contributed by atoms with Crippen LogP contribution in [-0.2, 0) is 4.79 Å². The third kappa shape index (κ3) is 2.85. The lowest BCUT2D eigenvalue weighted by Crippen LogP contribution is -1.91. The average molecular weight is 204 g/mol. The second-order valence-corrected chi connectivity index (χ2v) is 2.73. The van der Waals surface area contributed by atoms with Gasteiger partial charge in [-0.3, -0.25) is 9.59 Å². The Bertz CT molecular complexity index is 451. The maximum absolute atomic E-state index is 10.6. The van der Waals surface area contributed by atoms with Crippen molar-refractivity contribution in [3.63, 3.8) is 0 Å². The Hall–Kier alpha value is -2.28. The molecule has 0 bridgehead atoms. The summed E-state index contributed by atoms with van der Waals surface area (Å²) in [5.74, 6) is 3.71. The van der Waals surface area contributed by atoms with E-state index >= 15 is 0 Å². The minimum Gasteiger partial charge on any atom is -0.507 e. The lowest BCUT2D eigenvalue weighted by Gasteiger charge is -1.98. The highest BCUT2D eigenvalue weighted by atomic mass is 16.4. The summed E-state index contributed by atoms with van der Waals surface area (Å²) in [7, 11) is 0. The van der Waals surface area contributed by atoms with Gasteiger partial charge in [0, 0.05) is 5.56 Å². The van der Waals surface area contributed by atoms with E-state index < -0.39 is 5.97 Å². The number of rotatable bonds is 2. The predicted molar refractivity (Wildman–Crippen MR) is 52.6 cm³/mol. The molecule has 15 heavy (non-hydrogen) atoms. The van der Waals surface area contributed by atoms with Crippen molar-refractivity contribution in [2.24, 2.45) is 0 Å². The second kappa shape index (κ2) is 4.82. The van der Waals surface area contributed by atoms with Gasteiger partial charge < -0.3 is 10.2 Å². The third-order valence-corrected chi connectivity index (χ3v) is 1.66. The zero-order valence-electron chi connectivity index (χ0n) is 7.73. The Labute approximate surface area is 86.2 Å². The lowest BCUT2D eigenvalue weighted by atomic mass is 10.1. The lowest BCUT2D eigenvalue weighted by molar-refractivity contribution is -0.135. The van der Waals surface area contributed by atoms with Crippen LogP contribution in [0.1, 0.15) is 22.3 Å². The molecule has 2 N–H and O–H groups in total. The summed E-state index contributed by atoms with van der Waals surface area (Å²) >= 11 is 0. The molecule has 0 aliphatic carbocycles. The quantitative estimate of drug-likeness (QED) is 0.557. The van der Waals surface area contributed by atoms with Gasteiger partial charge in [-0.25, -0.2) is 0 Å². The number of benzene rings is 1. The Balaban J connectivity index is 3.02. The molecule has 0 unspecified atom stereocenters. The molecule has 0 fully saturated rings. The summed E-state index contributed by atoms with van der Waals surface area (Å²) in [5.41, 5.74) is 0.404. The maximum Gasteiger partial charge on any atom is 0.315 e. The largest absolute Gasteiger partial charge is 0.507 e. The summed E-state index contributed by atoms with van der Waals surface area (Å²) in [6.07, 6.45) is 0.189. The van der Waals surface area contributed by atoms with Gasteiger partial charge in [-0.15, -0.1) is 0 Å². The maximum atomic E-state index is 10.6. The van der Waals surface area contributed by atoms with Crippen molar-refractivity contribution < 1.29 is 19.8 Å². The van der Waals surface area contributed by atoms with Crippen molar-refractivity contribution in [2.75, 3.05) is 0 Å². The molecule has 0 aliphatic heterocycles. The Morgan fingerprint density at radius 3 is 2.80 bits per heavy atom. The number of hydrogen-bond donors (Lipinski definition) is 2. The van der Waals surface area contributed by atoms with Crippen LogP contribution in [0.5, 0.6) is 5.75 Å². The van der Waals surface area contributed by atoms with Gasteiger partial charge in [0.1, 0.15) is 12.2 Å². The van der Waals surface area contributed by atoms with Crippen molar-refractivity contribution in [2.45, 2.75) is 6.42 Å². The zero-order valence-corrected chi connectivity index (χ0v) is 7.73. The van der Waals surface area contributed by atoms with Gasteiger partial charge in [0.2, 0.25) is 0 Å². The number of carboxylic acid groups (broad SMARTS) is 1. The van der Waals surface area contributed by atoms with Crippen LogP contribution in [0.3, 0.4) is 0 Å². The van der Waals surface area contributed by atoms with Crippen molar-refractivity contribution in [3.05, 3.63) is 29.3 Å². The minimum absolute atomic E-state index is 0.0791. The van der Waals surface area contributed by atoms with E-state index in [1.165, 1.54) is 18.2 Å². The highest BCUT2D eigenvalue weighted by Crippen LogP contribution is 2.17. The van der Waals surface area contributed by atoms with Gasteiger partial charge in [0.25, 0.3) is 0 Å². The van der Waals surface area contributed by atoms with Crippen LogP contribution in [0.25, 0.3) is 0 Å². The van der Waals surface area contributed by atoms with Crippen LogP contribution >= 0.6 is 0 Å². The van der Waals surface area contributed by atoms with Crippen molar-refractivity contribution in [1.82, 2.24) is 0 Å². The molecule has 76 valence electrons. The topological polar surface area (TPSA) is 74.6 Å².